The second-order valence-electron chi connectivity index (χ2n) is 4.68. The van der Waals surface area contributed by atoms with Crippen molar-refractivity contribution in [2.24, 2.45) is 0 Å². The summed E-state index contributed by atoms with van der Waals surface area (Å²) in [5, 5.41) is 12.8. The molecule has 0 fully saturated rings. The van der Waals surface area contributed by atoms with Crippen molar-refractivity contribution in [2.75, 3.05) is 7.05 Å². The molecule has 1 aromatic carbocycles. The van der Waals surface area contributed by atoms with Gasteiger partial charge in [-0.3, -0.25) is 0 Å². The molecule has 0 saturated heterocycles. The first-order valence-corrected chi connectivity index (χ1v) is 6.39. The monoisotopic (exact) mass is 289 g/mol. The second-order valence-corrected chi connectivity index (χ2v) is 4.68. The molecular formula is C15H13F2N3O. The molecule has 4 nitrogen and oxygen atoms in total. The standard InChI is InChI=1S/C15H13F2N3O/c1-18-6-10-7-19-13-5-2-9(8-20(10)13)11-3-4-12(16)14(17)15(11)21/h2-5,7-8,18,21H,6H2,1H3. The normalized spacial score (nSPS) is 11.2. The second kappa shape index (κ2) is 5.14. The van der Waals surface area contributed by atoms with Gasteiger partial charge in [0.25, 0.3) is 0 Å². The molecule has 0 bridgehead atoms. The number of aromatic hydroxyl groups is 1. The van der Waals surface area contributed by atoms with E-state index in [1.165, 1.54) is 6.07 Å². The topological polar surface area (TPSA) is 49.6 Å². The molecule has 0 amide bonds. The molecule has 3 aromatic rings. The van der Waals surface area contributed by atoms with E-state index in [4.69, 9.17) is 0 Å². The van der Waals surface area contributed by atoms with Crippen molar-refractivity contribution in [1.82, 2.24) is 14.7 Å². The van der Waals surface area contributed by atoms with E-state index in [1.54, 1.807) is 24.5 Å². The van der Waals surface area contributed by atoms with Crippen molar-refractivity contribution < 1.29 is 13.9 Å². The Kier molecular flexibility index (Phi) is 3.31. The molecule has 108 valence electrons. The lowest BCUT2D eigenvalue weighted by Crippen LogP contribution is -2.07. The molecule has 0 atom stereocenters. The number of nitrogens with one attached hydrogen (secondary N) is 1. The number of pyridine rings is 1. The van der Waals surface area contributed by atoms with Gasteiger partial charge in [0, 0.05) is 23.9 Å². The highest BCUT2D eigenvalue weighted by molar-refractivity contribution is 5.71. The van der Waals surface area contributed by atoms with E-state index in [-0.39, 0.29) is 5.56 Å². The third-order valence-corrected chi connectivity index (χ3v) is 3.32. The number of hydrogen-bond acceptors (Lipinski definition) is 3. The number of halogens is 2. The average Bonchev–Trinajstić information content (AvgIpc) is 2.88. The summed E-state index contributed by atoms with van der Waals surface area (Å²) >= 11 is 0. The molecule has 2 N–H and O–H groups in total. The van der Waals surface area contributed by atoms with Gasteiger partial charge < -0.3 is 14.8 Å². The van der Waals surface area contributed by atoms with Gasteiger partial charge in [-0.1, -0.05) is 0 Å². The molecule has 0 aliphatic rings. The lowest BCUT2D eigenvalue weighted by molar-refractivity contribution is 0.409. The van der Waals surface area contributed by atoms with Crippen LogP contribution >= 0.6 is 0 Å². The first kappa shape index (κ1) is 13.5. The van der Waals surface area contributed by atoms with Gasteiger partial charge in [-0.2, -0.15) is 4.39 Å². The van der Waals surface area contributed by atoms with Crippen molar-refractivity contribution in [3.8, 4) is 16.9 Å². The summed E-state index contributed by atoms with van der Waals surface area (Å²) < 4.78 is 28.4. The van der Waals surface area contributed by atoms with E-state index in [2.05, 4.69) is 10.3 Å². The Bertz CT molecular complexity index is 814. The Morgan fingerprint density at radius 2 is 2.05 bits per heavy atom. The van der Waals surface area contributed by atoms with E-state index in [1.807, 2.05) is 11.4 Å². The van der Waals surface area contributed by atoms with Crippen LogP contribution in [-0.2, 0) is 6.54 Å². The molecular weight excluding hydrogens is 276 g/mol. The number of fused-ring (bicyclic) bond motifs is 1. The Balaban J connectivity index is 2.17. The van der Waals surface area contributed by atoms with Crippen LogP contribution in [0.3, 0.4) is 0 Å². The molecule has 6 heteroatoms. The summed E-state index contributed by atoms with van der Waals surface area (Å²) in [7, 11) is 1.82. The molecule has 0 unspecified atom stereocenters. The maximum atomic E-state index is 13.5. The predicted octanol–water partition coefficient (Wildman–Crippen LogP) is 2.70. The summed E-state index contributed by atoms with van der Waals surface area (Å²) in [4.78, 5) is 4.25. The average molecular weight is 289 g/mol. The minimum absolute atomic E-state index is 0.236. The van der Waals surface area contributed by atoms with Crippen molar-refractivity contribution in [1.29, 1.82) is 0 Å². The van der Waals surface area contributed by atoms with Gasteiger partial charge >= 0.3 is 0 Å². The van der Waals surface area contributed by atoms with Crippen molar-refractivity contribution in [3.63, 3.8) is 0 Å². The summed E-state index contributed by atoms with van der Waals surface area (Å²) in [6.07, 6.45) is 3.47. The fourth-order valence-electron chi connectivity index (χ4n) is 2.28. The minimum Gasteiger partial charge on any atom is -0.504 e. The minimum atomic E-state index is -1.24. The zero-order valence-corrected chi connectivity index (χ0v) is 11.3. The Labute approximate surface area is 119 Å². The fourth-order valence-corrected chi connectivity index (χ4v) is 2.28. The SMILES string of the molecule is CNCc1cnc2ccc(-c3ccc(F)c(F)c3O)cn12. The first-order chi connectivity index (χ1) is 10.1. The van der Waals surface area contributed by atoms with Crippen molar-refractivity contribution in [2.45, 2.75) is 6.54 Å². The molecule has 0 radical (unpaired) electrons. The fraction of sp³-hybridized carbons (Fsp3) is 0.133. The summed E-state index contributed by atoms with van der Waals surface area (Å²) in [5.74, 6) is -3.01. The van der Waals surface area contributed by atoms with Crippen LogP contribution in [0.1, 0.15) is 5.69 Å². The highest BCUT2D eigenvalue weighted by atomic mass is 19.2. The van der Waals surface area contributed by atoms with Gasteiger partial charge in [0.2, 0.25) is 5.82 Å². The number of rotatable bonds is 3. The van der Waals surface area contributed by atoms with Crippen molar-refractivity contribution in [3.05, 3.63) is 54.0 Å². The maximum absolute atomic E-state index is 13.5. The lowest BCUT2D eigenvalue weighted by Gasteiger charge is -2.08. The van der Waals surface area contributed by atoms with Gasteiger partial charge in [-0.15, -0.1) is 0 Å². The van der Waals surface area contributed by atoms with Crippen LogP contribution in [0.2, 0.25) is 0 Å². The van der Waals surface area contributed by atoms with E-state index in [0.717, 1.165) is 17.4 Å². The van der Waals surface area contributed by atoms with E-state index in [0.29, 0.717) is 12.1 Å². The number of nitrogens with zero attached hydrogens (tertiary/aromatic N) is 2. The Morgan fingerprint density at radius 3 is 2.81 bits per heavy atom. The van der Waals surface area contributed by atoms with Crippen LogP contribution in [-0.4, -0.2) is 21.5 Å². The molecule has 2 aromatic heterocycles. The number of benzene rings is 1. The number of phenolic OH excluding ortho intramolecular Hbond substituents is 1. The van der Waals surface area contributed by atoms with Crippen molar-refractivity contribution >= 4 is 5.65 Å². The third kappa shape index (κ3) is 2.23. The van der Waals surface area contributed by atoms with E-state index in [9.17, 15) is 13.9 Å². The number of aromatic nitrogens is 2. The largest absolute Gasteiger partial charge is 0.504 e. The van der Waals surface area contributed by atoms with Gasteiger partial charge in [-0.25, -0.2) is 9.37 Å². The predicted molar refractivity (Wildman–Crippen MR) is 75.0 cm³/mol. The lowest BCUT2D eigenvalue weighted by atomic mass is 10.1. The molecule has 0 aliphatic carbocycles. The van der Waals surface area contributed by atoms with Crippen LogP contribution in [0.15, 0.2) is 36.7 Å². The third-order valence-electron chi connectivity index (χ3n) is 3.32. The maximum Gasteiger partial charge on any atom is 0.200 e. The highest BCUT2D eigenvalue weighted by Gasteiger charge is 2.14. The Hall–Kier alpha value is -2.47. The van der Waals surface area contributed by atoms with Crippen LogP contribution < -0.4 is 5.32 Å². The Morgan fingerprint density at radius 1 is 1.24 bits per heavy atom. The molecule has 0 aliphatic heterocycles. The highest BCUT2D eigenvalue weighted by Crippen LogP contribution is 2.32. The van der Waals surface area contributed by atoms with E-state index < -0.39 is 17.4 Å². The number of phenols is 1. The van der Waals surface area contributed by atoms with Crippen LogP contribution in [0, 0.1) is 11.6 Å². The van der Waals surface area contributed by atoms with Gasteiger partial charge in [0.05, 0.1) is 11.9 Å². The van der Waals surface area contributed by atoms with Crippen LogP contribution in [0.5, 0.6) is 5.75 Å². The van der Waals surface area contributed by atoms with Crippen LogP contribution in [0.25, 0.3) is 16.8 Å². The van der Waals surface area contributed by atoms with E-state index >= 15 is 0 Å². The summed E-state index contributed by atoms with van der Waals surface area (Å²) in [6.45, 7) is 0.619. The summed E-state index contributed by atoms with van der Waals surface area (Å²) in [5.41, 5.74) is 2.48. The molecule has 21 heavy (non-hydrogen) atoms. The van der Waals surface area contributed by atoms with Crippen LogP contribution in [0.4, 0.5) is 8.78 Å². The molecule has 3 rings (SSSR count). The van der Waals surface area contributed by atoms with Gasteiger partial charge in [0.1, 0.15) is 5.65 Å². The summed E-state index contributed by atoms with van der Waals surface area (Å²) in [6, 6.07) is 5.81. The smallest absolute Gasteiger partial charge is 0.200 e. The van der Waals surface area contributed by atoms with Gasteiger partial charge in [-0.05, 0) is 31.3 Å². The number of imidazole rings is 1. The zero-order chi connectivity index (χ0) is 15.0. The first-order valence-electron chi connectivity index (χ1n) is 6.39. The molecule has 0 spiro atoms. The van der Waals surface area contributed by atoms with Gasteiger partial charge in [0.15, 0.2) is 11.6 Å². The zero-order valence-electron chi connectivity index (χ0n) is 11.3. The molecule has 2 heterocycles. The quantitative estimate of drug-likeness (QED) is 0.779. The molecule has 0 saturated carbocycles. The number of hydrogen-bond donors (Lipinski definition) is 2.